The van der Waals surface area contributed by atoms with Crippen molar-refractivity contribution < 1.29 is 0 Å². The fourth-order valence-corrected chi connectivity index (χ4v) is 3.48. The summed E-state index contributed by atoms with van der Waals surface area (Å²) in [7, 11) is 3.70. The highest BCUT2D eigenvalue weighted by Crippen LogP contribution is 2.33. The van der Waals surface area contributed by atoms with E-state index in [-0.39, 0.29) is 16.6 Å². The predicted molar refractivity (Wildman–Crippen MR) is 117 cm³/mol. The number of nitrogens with two attached hydrogens (primary N) is 2. The lowest BCUT2D eigenvalue weighted by atomic mass is 9.87. The predicted octanol–water partition coefficient (Wildman–Crippen LogP) is 2.64. The molecule has 0 saturated carbocycles. The zero-order valence-corrected chi connectivity index (χ0v) is 18.4. The van der Waals surface area contributed by atoms with Crippen LogP contribution in [0.3, 0.4) is 0 Å². The number of hydrogen-bond acceptors (Lipinski definition) is 9. The molecule has 0 radical (unpaired) electrons. The Morgan fingerprint density at radius 2 is 1.69 bits per heavy atom. The summed E-state index contributed by atoms with van der Waals surface area (Å²) in [6.45, 7) is 8.50. The number of aromatic nitrogens is 6. The van der Waals surface area contributed by atoms with Crippen molar-refractivity contribution >= 4 is 23.7 Å². The molecule has 1 atom stereocenters. The van der Waals surface area contributed by atoms with Crippen LogP contribution in [0.25, 0.3) is 11.4 Å². The number of thioether (sulfide) groups is 1. The van der Waals surface area contributed by atoms with Crippen LogP contribution in [0.2, 0.25) is 0 Å². The zero-order chi connectivity index (χ0) is 21.3. The Morgan fingerprint density at radius 3 is 2.28 bits per heavy atom. The van der Waals surface area contributed by atoms with E-state index in [1.807, 2.05) is 33.2 Å². The first-order chi connectivity index (χ1) is 13.6. The van der Waals surface area contributed by atoms with E-state index in [0.29, 0.717) is 22.8 Å². The van der Waals surface area contributed by atoms with Crippen molar-refractivity contribution in [2.45, 2.75) is 43.5 Å². The molecule has 2 heterocycles. The number of nitrogens with zero attached hydrogens (tertiary/aromatic N) is 7. The number of benzene rings is 1. The van der Waals surface area contributed by atoms with E-state index in [9.17, 15) is 0 Å². The summed E-state index contributed by atoms with van der Waals surface area (Å²) in [5, 5.41) is 8.95. The van der Waals surface area contributed by atoms with Gasteiger partial charge in [-0.3, -0.25) is 0 Å². The number of rotatable bonds is 5. The van der Waals surface area contributed by atoms with Gasteiger partial charge in [0.05, 0.1) is 5.25 Å². The second kappa shape index (κ2) is 7.86. The van der Waals surface area contributed by atoms with Crippen LogP contribution in [0.4, 0.5) is 11.9 Å². The average Bonchev–Trinajstić information content (AvgIpc) is 3.01. The summed E-state index contributed by atoms with van der Waals surface area (Å²) in [5.41, 5.74) is 8.07. The van der Waals surface area contributed by atoms with Gasteiger partial charge in [-0.15, -0.1) is 10.2 Å². The lowest BCUT2D eigenvalue weighted by Gasteiger charge is -2.19. The molecule has 3 aromatic rings. The Hall–Kier alpha value is -2.88. The van der Waals surface area contributed by atoms with Gasteiger partial charge in [-0.05, 0) is 17.9 Å². The Kier molecular flexibility index (Phi) is 5.65. The Morgan fingerprint density at radius 1 is 1.03 bits per heavy atom. The molecule has 0 aliphatic rings. The third-order valence-electron chi connectivity index (χ3n) is 4.38. The minimum Gasteiger partial charge on any atom is -0.368 e. The normalized spacial score (nSPS) is 12.8. The van der Waals surface area contributed by atoms with Gasteiger partial charge in [0.1, 0.15) is 5.82 Å². The summed E-state index contributed by atoms with van der Waals surface area (Å²) in [6.07, 6.45) is 0. The summed E-state index contributed by atoms with van der Waals surface area (Å²) < 4.78 is 1.49. The molecule has 29 heavy (non-hydrogen) atoms. The Labute approximate surface area is 174 Å². The molecule has 3 rings (SSSR count). The molecule has 0 amide bonds. The first-order valence-electron chi connectivity index (χ1n) is 9.23. The van der Waals surface area contributed by atoms with E-state index >= 15 is 0 Å². The molecule has 0 fully saturated rings. The highest BCUT2D eigenvalue weighted by molar-refractivity contribution is 7.99. The molecular weight excluding hydrogens is 386 g/mol. The van der Waals surface area contributed by atoms with Crippen LogP contribution >= 0.6 is 11.8 Å². The highest BCUT2D eigenvalue weighted by atomic mass is 32.2. The van der Waals surface area contributed by atoms with E-state index in [0.717, 1.165) is 5.56 Å². The van der Waals surface area contributed by atoms with Crippen LogP contribution in [0, 0.1) is 0 Å². The van der Waals surface area contributed by atoms with Crippen LogP contribution < -0.4 is 16.5 Å². The molecule has 0 aliphatic carbocycles. The molecule has 0 saturated heterocycles. The highest BCUT2D eigenvalue weighted by Gasteiger charge is 2.20. The van der Waals surface area contributed by atoms with Crippen molar-refractivity contribution in [2.24, 2.45) is 0 Å². The molecule has 9 nitrogen and oxygen atoms in total. The third-order valence-corrected chi connectivity index (χ3v) is 5.43. The van der Waals surface area contributed by atoms with E-state index in [2.05, 4.69) is 58.1 Å². The van der Waals surface area contributed by atoms with Gasteiger partial charge in [0.25, 0.3) is 0 Å². The largest absolute Gasteiger partial charge is 0.368 e. The Balaban J connectivity index is 1.83. The minimum atomic E-state index is -0.137. The van der Waals surface area contributed by atoms with Crippen LogP contribution in [-0.4, -0.2) is 43.9 Å². The van der Waals surface area contributed by atoms with Crippen molar-refractivity contribution in [2.75, 3.05) is 30.6 Å². The van der Waals surface area contributed by atoms with Gasteiger partial charge < -0.3 is 16.5 Å². The van der Waals surface area contributed by atoms with Crippen molar-refractivity contribution in [3.63, 3.8) is 0 Å². The summed E-state index contributed by atoms with van der Waals surface area (Å²) in [6, 6.07) is 8.22. The van der Waals surface area contributed by atoms with Gasteiger partial charge in [-0.1, -0.05) is 56.8 Å². The minimum absolute atomic E-state index is 0.0865. The molecule has 10 heteroatoms. The molecule has 1 unspecified atom stereocenters. The molecule has 4 N–H and O–H groups in total. The SMILES string of the molecule is CC(Sc1nnc(-c2ccc(C(C)(C)C)cc2)n1N)c1nc(N)nc(N(C)C)n1. The Bertz CT molecular complexity index is 990. The van der Waals surface area contributed by atoms with Crippen LogP contribution in [0.5, 0.6) is 0 Å². The van der Waals surface area contributed by atoms with Crippen molar-refractivity contribution in [3.8, 4) is 11.4 Å². The molecule has 0 spiro atoms. The lowest BCUT2D eigenvalue weighted by molar-refractivity contribution is 0.590. The molecular formula is C19H27N9S. The molecule has 154 valence electrons. The molecule has 0 aliphatic heterocycles. The summed E-state index contributed by atoms with van der Waals surface area (Å²) in [5.74, 6) is 8.13. The summed E-state index contributed by atoms with van der Waals surface area (Å²) in [4.78, 5) is 14.6. The third kappa shape index (κ3) is 4.58. The number of hydrogen-bond donors (Lipinski definition) is 2. The standard InChI is InChI=1S/C19H27N9S/c1-11(14-22-16(20)24-17(23-14)27(5)6)29-18-26-25-15(28(18)21)12-7-9-13(10-8-12)19(2,3)4/h7-11H,21H2,1-6H3,(H2,20,22,23,24). The van der Waals surface area contributed by atoms with Crippen molar-refractivity contribution in [1.82, 2.24) is 29.8 Å². The van der Waals surface area contributed by atoms with Crippen LogP contribution in [-0.2, 0) is 5.41 Å². The molecule has 2 aromatic heterocycles. The quantitative estimate of drug-likeness (QED) is 0.479. The maximum absolute atomic E-state index is 6.28. The fourth-order valence-electron chi connectivity index (χ4n) is 2.66. The maximum Gasteiger partial charge on any atom is 0.229 e. The van der Waals surface area contributed by atoms with Crippen LogP contribution in [0.1, 0.15) is 44.3 Å². The lowest BCUT2D eigenvalue weighted by Crippen LogP contribution is -2.17. The van der Waals surface area contributed by atoms with Gasteiger partial charge in [0.15, 0.2) is 5.82 Å². The smallest absolute Gasteiger partial charge is 0.229 e. The molecule has 1 aromatic carbocycles. The second-order valence-corrected chi connectivity index (χ2v) is 9.32. The van der Waals surface area contributed by atoms with Gasteiger partial charge in [-0.2, -0.15) is 15.0 Å². The monoisotopic (exact) mass is 413 g/mol. The van der Waals surface area contributed by atoms with E-state index in [1.165, 1.54) is 22.0 Å². The second-order valence-electron chi connectivity index (χ2n) is 8.01. The topological polar surface area (TPSA) is 125 Å². The fraction of sp³-hybridized carbons (Fsp3) is 0.421. The van der Waals surface area contributed by atoms with E-state index < -0.39 is 0 Å². The molecule has 0 bridgehead atoms. The van der Waals surface area contributed by atoms with E-state index in [1.54, 1.807) is 4.90 Å². The van der Waals surface area contributed by atoms with Gasteiger partial charge in [0, 0.05) is 19.7 Å². The van der Waals surface area contributed by atoms with Gasteiger partial charge in [-0.25, -0.2) is 4.68 Å². The first-order valence-corrected chi connectivity index (χ1v) is 10.1. The van der Waals surface area contributed by atoms with Gasteiger partial charge >= 0.3 is 0 Å². The van der Waals surface area contributed by atoms with E-state index in [4.69, 9.17) is 11.6 Å². The number of nitrogen functional groups attached to an aromatic ring is 2. The van der Waals surface area contributed by atoms with Crippen molar-refractivity contribution in [3.05, 3.63) is 35.7 Å². The number of anilines is 2. The van der Waals surface area contributed by atoms with Crippen LogP contribution in [0.15, 0.2) is 29.4 Å². The van der Waals surface area contributed by atoms with Gasteiger partial charge in [0.2, 0.25) is 17.1 Å². The maximum atomic E-state index is 6.28. The average molecular weight is 414 g/mol. The zero-order valence-electron chi connectivity index (χ0n) is 17.6. The summed E-state index contributed by atoms with van der Waals surface area (Å²) >= 11 is 1.41. The van der Waals surface area contributed by atoms with Crippen molar-refractivity contribution in [1.29, 1.82) is 0 Å². The first kappa shape index (κ1) is 20.8.